The number of nitrogens with one attached hydrogen (secondary N) is 2. The minimum atomic E-state index is -0.731. The van der Waals surface area contributed by atoms with E-state index in [1.165, 1.54) is 13.2 Å². The van der Waals surface area contributed by atoms with E-state index in [-0.39, 0.29) is 30.0 Å². The third kappa shape index (κ3) is 2.87. The van der Waals surface area contributed by atoms with E-state index in [0.717, 1.165) is 0 Å². The first-order chi connectivity index (χ1) is 9.51. The highest BCUT2D eigenvalue weighted by Crippen LogP contribution is 2.19. The van der Waals surface area contributed by atoms with Gasteiger partial charge < -0.3 is 15.8 Å². The molecule has 0 aromatic heterocycles. The molecule has 0 radical (unpaired) electrons. The molecule has 2 rings (SSSR count). The van der Waals surface area contributed by atoms with Gasteiger partial charge >= 0.3 is 0 Å². The van der Waals surface area contributed by atoms with Crippen molar-refractivity contribution >= 4 is 23.4 Å². The molecule has 1 fully saturated rings. The van der Waals surface area contributed by atoms with E-state index in [0.29, 0.717) is 5.75 Å². The first kappa shape index (κ1) is 13.9. The molecule has 0 spiro atoms. The first-order valence-corrected chi connectivity index (χ1v) is 6.09. The van der Waals surface area contributed by atoms with Gasteiger partial charge in [0.1, 0.15) is 11.8 Å². The fourth-order valence-corrected chi connectivity index (χ4v) is 1.93. The summed E-state index contributed by atoms with van der Waals surface area (Å²) < 4.78 is 5.03. The molecule has 0 aliphatic carbocycles. The summed E-state index contributed by atoms with van der Waals surface area (Å²) in [6.45, 7) is 0. The number of nitrogen functional groups attached to an aromatic ring is 1. The summed E-state index contributed by atoms with van der Waals surface area (Å²) in [5.41, 5.74) is 6.25. The van der Waals surface area contributed by atoms with Crippen molar-refractivity contribution in [1.82, 2.24) is 10.6 Å². The second-order valence-electron chi connectivity index (χ2n) is 4.43. The number of carbonyl (C=O) groups is 3. The second-order valence-corrected chi connectivity index (χ2v) is 4.43. The average Bonchev–Trinajstić information content (AvgIpc) is 2.42. The molecule has 1 unspecified atom stereocenters. The summed E-state index contributed by atoms with van der Waals surface area (Å²) in [6, 6.07) is 3.96. The first-order valence-electron chi connectivity index (χ1n) is 6.09. The van der Waals surface area contributed by atoms with Crippen LogP contribution in [0.25, 0.3) is 0 Å². The van der Waals surface area contributed by atoms with Crippen LogP contribution < -0.4 is 21.1 Å². The molecule has 1 aliphatic rings. The predicted molar refractivity (Wildman–Crippen MR) is 71.0 cm³/mol. The minimum absolute atomic E-state index is 0.199. The molecule has 7 nitrogen and oxygen atoms in total. The molecule has 1 atom stereocenters. The van der Waals surface area contributed by atoms with Crippen LogP contribution in [0.15, 0.2) is 18.2 Å². The molecule has 1 heterocycles. The zero-order valence-corrected chi connectivity index (χ0v) is 10.9. The van der Waals surface area contributed by atoms with E-state index in [4.69, 9.17) is 10.5 Å². The molecule has 106 valence electrons. The lowest BCUT2D eigenvalue weighted by Crippen LogP contribution is -2.52. The molecular weight excluding hydrogens is 262 g/mol. The van der Waals surface area contributed by atoms with Crippen LogP contribution in [0.3, 0.4) is 0 Å². The molecule has 20 heavy (non-hydrogen) atoms. The van der Waals surface area contributed by atoms with Crippen LogP contribution >= 0.6 is 0 Å². The van der Waals surface area contributed by atoms with Crippen LogP contribution in [0.1, 0.15) is 23.2 Å². The van der Waals surface area contributed by atoms with Gasteiger partial charge in [-0.25, -0.2) is 0 Å². The molecule has 1 aromatic carbocycles. The summed E-state index contributed by atoms with van der Waals surface area (Å²) in [5.74, 6) is -0.819. The number of anilines is 1. The third-order valence-corrected chi connectivity index (χ3v) is 3.05. The topological polar surface area (TPSA) is 111 Å². The highest BCUT2D eigenvalue weighted by Gasteiger charge is 2.28. The summed E-state index contributed by atoms with van der Waals surface area (Å²) in [4.78, 5) is 34.7. The van der Waals surface area contributed by atoms with Crippen molar-refractivity contribution in [2.24, 2.45) is 0 Å². The van der Waals surface area contributed by atoms with Crippen LogP contribution in [0, 0.1) is 0 Å². The Bertz CT molecular complexity index is 571. The van der Waals surface area contributed by atoms with Gasteiger partial charge in [-0.1, -0.05) is 0 Å². The molecule has 0 saturated carbocycles. The lowest BCUT2D eigenvalue weighted by molar-refractivity contribution is -0.134. The molecule has 3 amide bonds. The zero-order valence-electron chi connectivity index (χ0n) is 10.9. The number of imide groups is 1. The monoisotopic (exact) mass is 277 g/mol. The van der Waals surface area contributed by atoms with Crippen molar-refractivity contribution in [2.75, 3.05) is 12.8 Å². The maximum atomic E-state index is 12.1. The number of methoxy groups -OCH3 is 1. The average molecular weight is 277 g/mol. The Morgan fingerprint density at radius 1 is 1.45 bits per heavy atom. The fraction of sp³-hybridized carbons (Fsp3) is 0.308. The van der Waals surface area contributed by atoms with Crippen molar-refractivity contribution in [2.45, 2.75) is 18.9 Å². The maximum Gasteiger partial charge on any atom is 0.254 e. The van der Waals surface area contributed by atoms with Gasteiger partial charge in [0.15, 0.2) is 0 Å². The van der Waals surface area contributed by atoms with Gasteiger partial charge in [0.25, 0.3) is 5.91 Å². The number of benzene rings is 1. The highest BCUT2D eigenvalue weighted by molar-refractivity contribution is 6.05. The molecule has 7 heteroatoms. The number of ether oxygens (including phenoxy) is 1. The molecule has 4 N–H and O–H groups in total. The number of nitrogens with two attached hydrogens (primary N) is 1. The van der Waals surface area contributed by atoms with Crippen molar-refractivity contribution in [3.8, 4) is 5.75 Å². The van der Waals surface area contributed by atoms with Gasteiger partial charge in [-0.05, 0) is 24.6 Å². The fourth-order valence-electron chi connectivity index (χ4n) is 1.93. The lowest BCUT2D eigenvalue weighted by Gasteiger charge is -2.22. The largest absolute Gasteiger partial charge is 0.497 e. The van der Waals surface area contributed by atoms with E-state index >= 15 is 0 Å². The summed E-state index contributed by atoms with van der Waals surface area (Å²) >= 11 is 0. The molecule has 1 aliphatic heterocycles. The number of piperidine rings is 1. The van der Waals surface area contributed by atoms with Gasteiger partial charge in [-0.15, -0.1) is 0 Å². The lowest BCUT2D eigenvalue weighted by atomic mass is 10.0. The van der Waals surface area contributed by atoms with Gasteiger partial charge in [0, 0.05) is 12.1 Å². The zero-order chi connectivity index (χ0) is 14.7. The SMILES string of the molecule is COc1ccc(N)c(C(=O)NC2CCC(=O)NC2=O)c1. The number of hydrogen-bond donors (Lipinski definition) is 3. The summed E-state index contributed by atoms with van der Waals surface area (Å²) in [6.07, 6.45) is 0.477. The Hall–Kier alpha value is -2.57. The van der Waals surface area contributed by atoms with E-state index < -0.39 is 17.9 Å². The van der Waals surface area contributed by atoms with E-state index in [1.54, 1.807) is 12.1 Å². The van der Waals surface area contributed by atoms with Crippen LogP contribution in [0.5, 0.6) is 5.75 Å². The Balaban J connectivity index is 2.12. The van der Waals surface area contributed by atoms with Gasteiger partial charge in [-0.3, -0.25) is 19.7 Å². The van der Waals surface area contributed by atoms with Crippen molar-refractivity contribution in [3.63, 3.8) is 0 Å². The Morgan fingerprint density at radius 3 is 2.85 bits per heavy atom. The van der Waals surface area contributed by atoms with Gasteiger partial charge in [-0.2, -0.15) is 0 Å². The highest BCUT2D eigenvalue weighted by atomic mass is 16.5. The number of rotatable bonds is 3. The van der Waals surface area contributed by atoms with Gasteiger partial charge in [0.05, 0.1) is 12.7 Å². The van der Waals surface area contributed by atoms with Crippen LogP contribution in [-0.2, 0) is 9.59 Å². The minimum Gasteiger partial charge on any atom is -0.497 e. The quantitative estimate of drug-likeness (QED) is 0.524. The standard InChI is InChI=1S/C13H15N3O4/c1-20-7-2-3-9(14)8(6-7)12(18)15-10-4-5-11(17)16-13(10)19/h2-3,6,10H,4-5,14H2,1H3,(H,15,18)(H,16,17,19). The van der Waals surface area contributed by atoms with Gasteiger partial charge in [0.2, 0.25) is 11.8 Å². The number of hydrogen-bond acceptors (Lipinski definition) is 5. The Labute approximate surface area is 115 Å². The van der Waals surface area contributed by atoms with Crippen molar-refractivity contribution in [1.29, 1.82) is 0 Å². The number of amides is 3. The molecule has 1 saturated heterocycles. The summed E-state index contributed by atoms with van der Waals surface area (Å²) in [7, 11) is 1.48. The third-order valence-electron chi connectivity index (χ3n) is 3.05. The smallest absolute Gasteiger partial charge is 0.254 e. The predicted octanol–water partition coefficient (Wildman–Crippen LogP) is -0.188. The molecule has 0 bridgehead atoms. The second kappa shape index (κ2) is 5.60. The van der Waals surface area contributed by atoms with Crippen molar-refractivity contribution < 1.29 is 19.1 Å². The van der Waals surface area contributed by atoms with Crippen LogP contribution in [-0.4, -0.2) is 30.9 Å². The maximum absolute atomic E-state index is 12.1. The normalized spacial score (nSPS) is 18.4. The Kier molecular flexibility index (Phi) is 3.88. The van der Waals surface area contributed by atoms with E-state index in [1.807, 2.05) is 0 Å². The van der Waals surface area contributed by atoms with Crippen LogP contribution in [0.4, 0.5) is 5.69 Å². The van der Waals surface area contributed by atoms with Crippen molar-refractivity contribution in [3.05, 3.63) is 23.8 Å². The number of carbonyl (C=O) groups excluding carboxylic acids is 3. The molecular formula is C13H15N3O4. The molecule has 1 aromatic rings. The summed E-state index contributed by atoms with van der Waals surface area (Å²) in [5, 5.41) is 4.73. The van der Waals surface area contributed by atoms with E-state index in [9.17, 15) is 14.4 Å². The van der Waals surface area contributed by atoms with E-state index in [2.05, 4.69) is 10.6 Å². The Morgan fingerprint density at radius 2 is 2.20 bits per heavy atom. The van der Waals surface area contributed by atoms with Crippen LogP contribution in [0.2, 0.25) is 0 Å².